The molecule has 2 unspecified atom stereocenters. The minimum Gasteiger partial charge on any atom is -0.490 e. The number of ether oxygens (including phenoxy) is 1. The molecule has 126 valence electrons. The van der Waals surface area contributed by atoms with Crippen LogP contribution in [0.1, 0.15) is 24.5 Å². The molecule has 3 rings (SSSR count). The van der Waals surface area contributed by atoms with Crippen molar-refractivity contribution in [1.29, 1.82) is 5.26 Å². The zero-order valence-electron chi connectivity index (χ0n) is 13.3. The minimum atomic E-state index is -3.08. The van der Waals surface area contributed by atoms with Gasteiger partial charge < -0.3 is 10.1 Å². The van der Waals surface area contributed by atoms with E-state index in [9.17, 15) is 18.5 Å². The first-order chi connectivity index (χ1) is 11.4. The number of rotatable bonds is 3. The number of hydrogen-bond acceptors (Lipinski definition) is 5. The average molecular weight is 346 g/mol. The molecule has 0 spiro atoms. The molecule has 6 nitrogen and oxygen atoms in total. The van der Waals surface area contributed by atoms with Gasteiger partial charge in [-0.1, -0.05) is 6.07 Å². The van der Waals surface area contributed by atoms with Crippen molar-refractivity contribution in [3.05, 3.63) is 34.9 Å². The van der Waals surface area contributed by atoms with Crippen LogP contribution in [0.25, 0.3) is 6.08 Å². The Hall–Kier alpha value is -2.33. The summed E-state index contributed by atoms with van der Waals surface area (Å²) in [6.07, 6.45) is 2.83. The molecular formula is C17H18N2O4S. The van der Waals surface area contributed by atoms with Gasteiger partial charge in [-0.2, -0.15) is 5.26 Å². The molecule has 1 amide bonds. The zero-order valence-corrected chi connectivity index (χ0v) is 14.1. The summed E-state index contributed by atoms with van der Waals surface area (Å²) in [5.74, 6) is 0.307. The Bertz CT molecular complexity index is 852. The molecule has 1 fully saturated rings. The van der Waals surface area contributed by atoms with Gasteiger partial charge in [0.1, 0.15) is 23.5 Å². The first kappa shape index (κ1) is 16.5. The van der Waals surface area contributed by atoms with Gasteiger partial charge in [0.15, 0.2) is 9.84 Å². The van der Waals surface area contributed by atoms with Crippen LogP contribution in [-0.2, 0) is 21.1 Å². The summed E-state index contributed by atoms with van der Waals surface area (Å²) in [5.41, 5.74) is 1.76. The molecule has 0 aliphatic carbocycles. The smallest absolute Gasteiger partial charge is 0.262 e. The van der Waals surface area contributed by atoms with Gasteiger partial charge >= 0.3 is 0 Å². The topological polar surface area (TPSA) is 96.3 Å². The maximum absolute atomic E-state index is 12.2. The third-order valence-corrected chi connectivity index (χ3v) is 5.93. The minimum absolute atomic E-state index is 0.0359. The highest BCUT2D eigenvalue weighted by atomic mass is 32.2. The molecule has 0 saturated carbocycles. The number of benzene rings is 1. The highest BCUT2D eigenvalue weighted by molar-refractivity contribution is 7.91. The number of amides is 1. The Labute approximate surface area is 141 Å². The van der Waals surface area contributed by atoms with Crippen LogP contribution in [-0.4, -0.2) is 38.0 Å². The summed E-state index contributed by atoms with van der Waals surface area (Å²) >= 11 is 0. The largest absolute Gasteiger partial charge is 0.490 e. The highest BCUT2D eigenvalue weighted by Gasteiger charge is 2.29. The molecule has 1 N–H and O–H groups in total. The Morgan fingerprint density at radius 3 is 2.92 bits per heavy atom. The number of nitrogens with zero attached hydrogens (tertiary/aromatic N) is 1. The van der Waals surface area contributed by atoms with Crippen LogP contribution >= 0.6 is 0 Å². The second-order valence-corrected chi connectivity index (χ2v) is 8.47. The number of carbonyl (C=O) groups is 1. The number of nitrogens with one attached hydrogen (secondary N) is 1. The zero-order chi connectivity index (χ0) is 17.3. The molecule has 2 heterocycles. The fourth-order valence-corrected chi connectivity index (χ4v) is 4.69. The van der Waals surface area contributed by atoms with Crippen LogP contribution < -0.4 is 10.1 Å². The van der Waals surface area contributed by atoms with E-state index in [2.05, 4.69) is 5.32 Å². The van der Waals surface area contributed by atoms with Crippen LogP contribution in [0.4, 0.5) is 0 Å². The monoisotopic (exact) mass is 346 g/mol. The Kier molecular flexibility index (Phi) is 4.33. The van der Waals surface area contributed by atoms with Gasteiger partial charge in [0.25, 0.3) is 5.91 Å². The summed E-state index contributed by atoms with van der Waals surface area (Å²) in [4.78, 5) is 12.2. The summed E-state index contributed by atoms with van der Waals surface area (Å²) in [5, 5.41) is 11.9. The van der Waals surface area contributed by atoms with Gasteiger partial charge in [-0.3, -0.25) is 4.79 Å². The van der Waals surface area contributed by atoms with Crippen molar-refractivity contribution in [3.63, 3.8) is 0 Å². The lowest BCUT2D eigenvalue weighted by molar-refractivity contribution is -0.117. The summed E-state index contributed by atoms with van der Waals surface area (Å²) in [6, 6.07) is 7.00. The van der Waals surface area contributed by atoms with Crippen molar-refractivity contribution in [2.45, 2.75) is 31.9 Å². The maximum atomic E-state index is 12.2. The van der Waals surface area contributed by atoms with E-state index in [4.69, 9.17) is 4.74 Å². The molecule has 1 aromatic carbocycles. The van der Waals surface area contributed by atoms with Gasteiger partial charge in [0, 0.05) is 12.5 Å². The van der Waals surface area contributed by atoms with Gasteiger partial charge in [0.2, 0.25) is 0 Å². The number of nitriles is 1. The Balaban J connectivity index is 1.74. The summed E-state index contributed by atoms with van der Waals surface area (Å²) in [6.45, 7) is 1.99. The molecule has 0 aromatic heterocycles. The van der Waals surface area contributed by atoms with Gasteiger partial charge in [-0.05, 0) is 42.7 Å². The van der Waals surface area contributed by atoms with Crippen molar-refractivity contribution in [1.82, 2.24) is 5.32 Å². The summed E-state index contributed by atoms with van der Waals surface area (Å²) < 4.78 is 28.5. The van der Waals surface area contributed by atoms with Gasteiger partial charge in [-0.25, -0.2) is 8.42 Å². The maximum Gasteiger partial charge on any atom is 0.262 e. The molecule has 2 atom stereocenters. The molecular weight excluding hydrogens is 328 g/mol. The van der Waals surface area contributed by atoms with Crippen LogP contribution in [0.15, 0.2) is 23.8 Å². The number of sulfone groups is 1. The number of fused-ring (bicyclic) bond motifs is 1. The first-order valence-electron chi connectivity index (χ1n) is 7.79. The fourth-order valence-electron chi connectivity index (χ4n) is 3.02. The van der Waals surface area contributed by atoms with E-state index < -0.39 is 21.8 Å². The lowest BCUT2D eigenvalue weighted by atomic mass is 10.0. The van der Waals surface area contributed by atoms with Crippen molar-refractivity contribution in [3.8, 4) is 11.8 Å². The van der Waals surface area contributed by atoms with E-state index in [0.717, 1.165) is 23.3 Å². The van der Waals surface area contributed by atoms with E-state index in [1.54, 1.807) is 6.07 Å². The molecule has 0 bridgehead atoms. The van der Waals surface area contributed by atoms with E-state index >= 15 is 0 Å². The van der Waals surface area contributed by atoms with Crippen molar-refractivity contribution < 1.29 is 17.9 Å². The normalized spacial score (nSPS) is 24.8. The molecule has 2 aliphatic heterocycles. The third kappa shape index (κ3) is 3.60. The molecule has 24 heavy (non-hydrogen) atoms. The lowest BCUT2D eigenvalue weighted by Crippen LogP contribution is -2.36. The Morgan fingerprint density at radius 1 is 1.46 bits per heavy atom. The van der Waals surface area contributed by atoms with Crippen LogP contribution in [0.5, 0.6) is 5.75 Å². The molecule has 0 radical (unpaired) electrons. The Morgan fingerprint density at radius 2 is 2.25 bits per heavy atom. The van der Waals surface area contributed by atoms with E-state index in [0.29, 0.717) is 6.42 Å². The fraction of sp³-hybridized carbons (Fsp3) is 0.412. The second-order valence-electron chi connectivity index (χ2n) is 6.24. The predicted octanol–water partition coefficient (Wildman–Crippen LogP) is 1.22. The van der Waals surface area contributed by atoms with Crippen molar-refractivity contribution >= 4 is 21.8 Å². The van der Waals surface area contributed by atoms with E-state index in [1.165, 1.54) is 6.08 Å². The standard InChI is InChI=1S/C17H18N2O4S/c1-11-6-13-7-12(2-3-16(13)23-11)8-14(9-18)17(20)19-15-4-5-24(21,22)10-15/h2-3,7-8,11,15H,4-6,10H2,1H3,(H,19,20)/b14-8+. The lowest BCUT2D eigenvalue weighted by Gasteiger charge is -2.10. The predicted molar refractivity (Wildman–Crippen MR) is 89.0 cm³/mol. The van der Waals surface area contributed by atoms with Crippen LogP contribution in [0.3, 0.4) is 0 Å². The van der Waals surface area contributed by atoms with E-state index in [-0.39, 0.29) is 23.2 Å². The third-order valence-electron chi connectivity index (χ3n) is 4.16. The number of carbonyl (C=O) groups excluding carboxylic acids is 1. The van der Waals surface area contributed by atoms with Gasteiger partial charge in [0.05, 0.1) is 11.5 Å². The van der Waals surface area contributed by atoms with Crippen LogP contribution in [0, 0.1) is 11.3 Å². The van der Waals surface area contributed by atoms with E-state index in [1.807, 2.05) is 25.1 Å². The average Bonchev–Trinajstić information content (AvgIpc) is 3.05. The molecule has 1 aromatic rings. The molecule has 2 aliphatic rings. The van der Waals surface area contributed by atoms with Crippen molar-refractivity contribution in [2.24, 2.45) is 0 Å². The quantitative estimate of drug-likeness (QED) is 0.656. The SMILES string of the molecule is CC1Cc2cc(/C=C(\C#N)C(=O)NC3CCS(=O)(=O)C3)ccc2O1. The number of hydrogen-bond donors (Lipinski definition) is 1. The van der Waals surface area contributed by atoms with Gasteiger partial charge in [-0.15, -0.1) is 0 Å². The van der Waals surface area contributed by atoms with Crippen LogP contribution in [0.2, 0.25) is 0 Å². The van der Waals surface area contributed by atoms with Crippen molar-refractivity contribution in [2.75, 3.05) is 11.5 Å². The first-order valence-corrected chi connectivity index (χ1v) is 9.61. The highest BCUT2D eigenvalue weighted by Crippen LogP contribution is 2.30. The second kappa shape index (κ2) is 6.29. The molecule has 1 saturated heterocycles. The summed E-state index contributed by atoms with van der Waals surface area (Å²) in [7, 11) is -3.08. The molecule has 7 heteroatoms.